The van der Waals surface area contributed by atoms with Crippen molar-refractivity contribution in [2.45, 2.75) is 37.6 Å². The van der Waals surface area contributed by atoms with Crippen molar-refractivity contribution in [1.29, 1.82) is 0 Å². The Morgan fingerprint density at radius 2 is 1.77 bits per heavy atom. The molecular formula is C21H24N4O4S. The lowest BCUT2D eigenvalue weighted by Crippen LogP contribution is -2.39. The molecule has 1 aliphatic heterocycles. The molecule has 0 radical (unpaired) electrons. The second-order valence-electron chi connectivity index (χ2n) is 7.10. The number of anilines is 1. The first-order chi connectivity index (χ1) is 14.4. The van der Waals surface area contributed by atoms with Crippen LogP contribution in [0.2, 0.25) is 0 Å². The van der Waals surface area contributed by atoms with Gasteiger partial charge in [0.15, 0.2) is 5.84 Å². The molecule has 0 saturated heterocycles. The van der Waals surface area contributed by atoms with Crippen LogP contribution in [0.4, 0.5) is 5.69 Å². The summed E-state index contributed by atoms with van der Waals surface area (Å²) in [5.41, 5.74) is 3.53. The highest BCUT2D eigenvalue weighted by atomic mass is 32.3. The molecule has 0 amide bonds. The van der Waals surface area contributed by atoms with Gasteiger partial charge in [-0.2, -0.15) is 0 Å². The van der Waals surface area contributed by atoms with Gasteiger partial charge in [-0.25, -0.2) is 4.68 Å². The van der Waals surface area contributed by atoms with Crippen LogP contribution in [0.3, 0.4) is 0 Å². The van der Waals surface area contributed by atoms with Crippen molar-refractivity contribution in [2.24, 2.45) is 4.40 Å². The minimum Gasteiger partial charge on any atom is -0.506 e. The highest BCUT2D eigenvalue weighted by molar-refractivity contribution is 8.23. The predicted octanol–water partition coefficient (Wildman–Crippen LogP) is 4.34. The Labute approximate surface area is 175 Å². The number of hydrogen-bond donors (Lipinski definition) is 5. The van der Waals surface area contributed by atoms with E-state index in [-0.39, 0.29) is 28.1 Å². The standard InChI is InChI=1S/C21H24N4O4S/c1-3-13(4-2)23-25-16-11-7-5-9-14(16)19(26)18(21(25)27)20-22-15-10-6-8-12-17(15)30(28,29)24-20/h5-13,23,26,28-29H,3-4H2,1-2H3,(H,22,24). The maximum atomic E-state index is 13.5. The van der Waals surface area contributed by atoms with E-state index >= 15 is 0 Å². The van der Waals surface area contributed by atoms with Crippen LogP contribution in [-0.4, -0.2) is 30.8 Å². The average Bonchev–Trinajstić information content (AvgIpc) is 2.74. The van der Waals surface area contributed by atoms with Gasteiger partial charge in [-0.15, -0.1) is 4.40 Å². The number of aromatic hydroxyl groups is 1. The molecule has 4 rings (SSSR count). The lowest BCUT2D eigenvalue weighted by Gasteiger charge is -2.34. The molecule has 0 aliphatic carbocycles. The Kier molecular flexibility index (Phi) is 5.19. The minimum atomic E-state index is -3.53. The van der Waals surface area contributed by atoms with Gasteiger partial charge < -0.3 is 15.8 Å². The third-order valence-electron chi connectivity index (χ3n) is 5.24. The fourth-order valence-corrected chi connectivity index (χ4v) is 4.73. The number of pyridine rings is 1. The SMILES string of the molecule is CCC(CC)Nn1c(=O)c(C2=NS(O)(O)c3ccccc3N2)c(O)c2ccccc21. The summed E-state index contributed by atoms with van der Waals surface area (Å²) in [6.45, 7) is 4.04. The Balaban J connectivity index is 1.96. The van der Waals surface area contributed by atoms with Crippen molar-refractivity contribution >= 4 is 33.2 Å². The Bertz CT molecular complexity index is 1200. The van der Waals surface area contributed by atoms with E-state index in [2.05, 4.69) is 15.1 Å². The number of hydrogen-bond acceptors (Lipinski definition) is 7. The summed E-state index contributed by atoms with van der Waals surface area (Å²) in [6, 6.07) is 13.7. The highest BCUT2D eigenvalue weighted by Crippen LogP contribution is 2.55. The zero-order chi connectivity index (χ0) is 21.5. The molecule has 30 heavy (non-hydrogen) atoms. The average molecular weight is 429 g/mol. The quantitative estimate of drug-likeness (QED) is 0.413. The maximum Gasteiger partial charge on any atom is 0.284 e. The van der Waals surface area contributed by atoms with Crippen LogP contribution < -0.4 is 16.3 Å². The number of rotatable bonds is 5. The number of benzene rings is 2. The van der Waals surface area contributed by atoms with E-state index in [1.165, 1.54) is 4.68 Å². The van der Waals surface area contributed by atoms with E-state index in [0.717, 1.165) is 12.8 Å². The van der Waals surface area contributed by atoms with Crippen LogP contribution in [-0.2, 0) is 0 Å². The van der Waals surface area contributed by atoms with Crippen molar-refractivity contribution < 1.29 is 14.2 Å². The van der Waals surface area contributed by atoms with E-state index in [1.54, 1.807) is 48.5 Å². The lowest BCUT2D eigenvalue weighted by molar-refractivity contribution is 0.477. The van der Waals surface area contributed by atoms with E-state index in [1.807, 2.05) is 13.8 Å². The first-order valence-electron chi connectivity index (χ1n) is 9.75. The summed E-state index contributed by atoms with van der Waals surface area (Å²) in [6.07, 6.45) is 1.61. The first kappa shape index (κ1) is 20.3. The Hall–Kier alpha value is -3.01. The summed E-state index contributed by atoms with van der Waals surface area (Å²) in [4.78, 5) is 13.7. The Morgan fingerprint density at radius 3 is 2.50 bits per heavy atom. The molecule has 1 aliphatic rings. The van der Waals surface area contributed by atoms with Gasteiger partial charge in [0.25, 0.3) is 5.56 Å². The molecule has 0 bridgehead atoms. The van der Waals surface area contributed by atoms with Gasteiger partial charge in [0.2, 0.25) is 0 Å². The van der Waals surface area contributed by atoms with Gasteiger partial charge >= 0.3 is 0 Å². The Morgan fingerprint density at radius 1 is 1.10 bits per heavy atom. The smallest absolute Gasteiger partial charge is 0.284 e. The van der Waals surface area contributed by atoms with E-state index in [9.17, 15) is 19.0 Å². The molecule has 9 heteroatoms. The second kappa shape index (κ2) is 7.67. The molecule has 158 valence electrons. The minimum absolute atomic E-state index is 0.0471. The third-order valence-corrected chi connectivity index (χ3v) is 6.62. The van der Waals surface area contributed by atoms with Crippen molar-refractivity contribution in [3.8, 4) is 5.75 Å². The summed E-state index contributed by atoms with van der Waals surface area (Å²) < 4.78 is 26.5. The molecule has 0 unspecified atom stereocenters. The number of para-hydroxylation sites is 2. The zero-order valence-corrected chi connectivity index (χ0v) is 17.5. The van der Waals surface area contributed by atoms with Gasteiger partial charge in [-0.05, 0) is 37.1 Å². The van der Waals surface area contributed by atoms with Crippen LogP contribution in [0.5, 0.6) is 5.75 Å². The molecule has 8 nitrogen and oxygen atoms in total. The van der Waals surface area contributed by atoms with Gasteiger partial charge in [-0.1, -0.05) is 48.9 Å². The van der Waals surface area contributed by atoms with Gasteiger partial charge in [-0.3, -0.25) is 13.9 Å². The van der Waals surface area contributed by atoms with Gasteiger partial charge in [0, 0.05) is 11.4 Å². The summed E-state index contributed by atoms with van der Waals surface area (Å²) >= 11 is 0. The van der Waals surface area contributed by atoms with E-state index in [0.29, 0.717) is 16.6 Å². The third kappa shape index (κ3) is 3.30. The first-order valence-corrected chi connectivity index (χ1v) is 11.3. The second-order valence-corrected chi connectivity index (χ2v) is 8.76. The van der Waals surface area contributed by atoms with Crippen LogP contribution in [0, 0.1) is 0 Å². The van der Waals surface area contributed by atoms with E-state index in [4.69, 9.17) is 0 Å². The number of amidine groups is 1. The summed E-state index contributed by atoms with van der Waals surface area (Å²) in [5, 5.41) is 14.4. The number of fused-ring (bicyclic) bond motifs is 2. The maximum absolute atomic E-state index is 13.5. The topological polar surface area (TPSA) is 119 Å². The van der Waals surface area contributed by atoms with Crippen molar-refractivity contribution in [1.82, 2.24) is 4.68 Å². The van der Waals surface area contributed by atoms with Gasteiger partial charge in [0.05, 0.1) is 11.2 Å². The molecule has 0 saturated carbocycles. The molecule has 1 aromatic heterocycles. The predicted molar refractivity (Wildman–Crippen MR) is 121 cm³/mol. The van der Waals surface area contributed by atoms with E-state index < -0.39 is 16.3 Å². The van der Waals surface area contributed by atoms with Crippen LogP contribution in [0.25, 0.3) is 10.9 Å². The fraction of sp³-hybridized carbons (Fsp3) is 0.238. The highest BCUT2D eigenvalue weighted by Gasteiger charge is 2.30. The molecular weight excluding hydrogens is 404 g/mol. The van der Waals surface area contributed by atoms with Crippen molar-refractivity contribution in [2.75, 3.05) is 10.7 Å². The molecule has 2 heterocycles. The van der Waals surface area contributed by atoms with Gasteiger partial charge in [0.1, 0.15) is 16.2 Å². The molecule has 0 spiro atoms. The fourth-order valence-electron chi connectivity index (χ4n) is 3.57. The number of nitrogens with zero attached hydrogens (tertiary/aromatic N) is 2. The van der Waals surface area contributed by atoms with Crippen molar-refractivity contribution in [3.05, 3.63) is 64.4 Å². The monoisotopic (exact) mass is 428 g/mol. The number of nitrogens with one attached hydrogen (secondary N) is 2. The largest absolute Gasteiger partial charge is 0.506 e. The lowest BCUT2D eigenvalue weighted by atomic mass is 10.1. The summed E-state index contributed by atoms with van der Waals surface area (Å²) in [7, 11) is -3.53. The normalized spacial score (nSPS) is 16.0. The zero-order valence-electron chi connectivity index (χ0n) is 16.7. The van der Waals surface area contributed by atoms with Crippen LogP contribution >= 0.6 is 10.8 Å². The molecule has 5 N–H and O–H groups in total. The molecule has 0 atom stereocenters. The molecule has 3 aromatic rings. The van der Waals surface area contributed by atoms with Crippen LogP contribution in [0.1, 0.15) is 32.3 Å². The molecule has 2 aromatic carbocycles. The summed E-state index contributed by atoms with van der Waals surface area (Å²) in [5.74, 6) is -0.346. The van der Waals surface area contributed by atoms with Crippen LogP contribution in [0.15, 0.2) is 62.6 Å². The molecule has 0 fully saturated rings. The number of aromatic nitrogens is 1. The van der Waals surface area contributed by atoms with Crippen molar-refractivity contribution in [3.63, 3.8) is 0 Å².